The fourth-order valence-electron chi connectivity index (χ4n) is 4.20. The van der Waals surface area contributed by atoms with Crippen molar-refractivity contribution in [3.05, 3.63) is 18.5 Å². The van der Waals surface area contributed by atoms with Crippen molar-refractivity contribution in [1.29, 1.82) is 0 Å². The largest absolute Gasteiger partial charge is 0.370 e. The number of alkyl halides is 1. The number of hydrogen-bond donors (Lipinski definition) is 5. The predicted octanol–water partition coefficient (Wildman–Crippen LogP) is -1.00. The van der Waals surface area contributed by atoms with Crippen molar-refractivity contribution in [3.63, 3.8) is 0 Å². The van der Waals surface area contributed by atoms with E-state index in [-0.39, 0.29) is 24.8 Å². The molecule has 0 aliphatic carbocycles. The highest BCUT2D eigenvalue weighted by Crippen LogP contribution is 2.30. The van der Waals surface area contributed by atoms with Gasteiger partial charge in [-0.25, -0.2) is 12.8 Å². The third kappa shape index (κ3) is 6.56. The van der Waals surface area contributed by atoms with Gasteiger partial charge in [0.15, 0.2) is 0 Å². The first-order valence-electron chi connectivity index (χ1n) is 10.4. The van der Waals surface area contributed by atoms with Crippen LogP contribution in [0.25, 0.3) is 0 Å². The number of nitrogens with two attached hydrogens (primary N) is 2. The molecular formula is C19H32FN7O3S. The number of carbonyl (C=O) groups excluding carboxylic acids is 1. The standard InChI is InChI=1S/C19H32FN7O3S/c1-31(29,30)11-12-3-6-27(7-4-12)15-2-5-23-10-14(15)26-19(28)16(17(21)22)18-24-8-13(20)9-25-18/h2,5,10,12-13,16-18,24-25H,3-4,6-9,11,21-22H2,1H3,(H,26,28). The molecule has 1 aromatic heterocycles. The first-order chi connectivity index (χ1) is 14.6. The van der Waals surface area contributed by atoms with Crippen LogP contribution < -0.4 is 32.3 Å². The van der Waals surface area contributed by atoms with Gasteiger partial charge >= 0.3 is 0 Å². The summed E-state index contributed by atoms with van der Waals surface area (Å²) in [5.41, 5.74) is 13.1. The summed E-state index contributed by atoms with van der Waals surface area (Å²) in [6.07, 6.45) is 3.44. The van der Waals surface area contributed by atoms with Crippen molar-refractivity contribution < 1.29 is 17.6 Å². The molecule has 0 spiro atoms. The highest BCUT2D eigenvalue weighted by Gasteiger charge is 2.35. The molecule has 0 aromatic carbocycles. The monoisotopic (exact) mass is 457 g/mol. The van der Waals surface area contributed by atoms with Crippen molar-refractivity contribution in [1.82, 2.24) is 15.6 Å². The maximum atomic E-state index is 13.4. The zero-order valence-electron chi connectivity index (χ0n) is 17.6. The number of rotatable bonds is 7. The number of piperidine rings is 1. The Balaban J connectivity index is 1.68. The van der Waals surface area contributed by atoms with Gasteiger partial charge in [0.25, 0.3) is 0 Å². The Kier molecular flexibility index (Phi) is 7.81. The Bertz CT molecular complexity index is 854. The maximum absolute atomic E-state index is 13.4. The Morgan fingerprint density at radius 3 is 2.55 bits per heavy atom. The predicted molar refractivity (Wildman–Crippen MR) is 118 cm³/mol. The fraction of sp³-hybridized carbons (Fsp3) is 0.684. The molecule has 2 fully saturated rings. The Hall–Kier alpha value is -1.86. The summed E-state index contributed by atoms with van der Waals surface area (Å²) in [4.78, 5) is 19.2. The van der Waals surface area contributed by atoms with Crippen molar-refractivity contribution in [2.75, 3.05) is 48.4 Å². The lowest BCUT2D eigenvalue weighted by atomic mass is 9.98. The number of anilines is 2. The first kappa shape index (κ1) is 23.8. The van der Waals surface area contributed by atoms with Gasteiger partial charge in [0.1, 0.15) is 16.0 Å². The summed E-state index contributed by atoms with van der Waals surface area (Å²) in [5.74, 6) is -0.883. The molecule has 10 nitrogen and oxygen atoms in total. The quantitative estimate of drug-likeness (QED) is 0.324. The van der Waals surface area contributed by atoms with Gasteiger partial charge in [-0.15, -0.1) is 0 Å². The lowest BCUT2D eigenvalue weighted by Crippen LogP contribution is -2.64. The van der Waals surface area contributed by atoms with Crippen molar-refractivity contribution >= 4 is 27.1 Å². The van der Waals surface area contributed by atoms with Crippen LogP contribution in [0.1, 0.15) is 12.8 Å². The van der Waals surface area contributed by atoms with Crippen LogP contribution in [0.5, 0.6) is 0 Å². The van der Waals surface area contributed by atoms with E-state index in [9.17, 15) is 17.6 Å². The normalized spacial score (nSPS) is 24.2. The van der Waals surface area contributed by atoms with E-state index in [1.165, 1.54) is 6.26 Å². The van der Waals surface area contributed by atoms with E-state index in [1.54, 1.807) is 12.4 Å². The Morgan fingerprint density at radius 2 is 1.97 bits per heavy atom. The molecule has 12 heteroatoms. The zero-order chi connectivity index (χ0) is 22.6. The number of nitrogens with one attached hydrogen (secondary N) is 3. The van der Waals surface area contributed by atoms with Crippen LogP contribution in [0, 0.1) is 11.8 Å². The molecule has 31 heavy (non-hydrogen) atoms. The van der Waals surface area contributed by atoms with E-state index >= 15 is 0 Å². The molecule has 1 atom stereocenters. The van der Waals surface area contributed by atoms with Crippen LogP contribution in [0.2, 0.25) is 0 Å². The highest BCUT2D eigenvalue weighted by atomic mass is 32.2. The first-order valence-corrected chi connectivity index (χ1v) is 12.5. The lowest BCUT2D eigenvalue weighted by Gasteiger charge is -2.36. The minimum atomic E-state index is -3.01. The number of carbonyl (C=O) groups is 1. The number of aromatic nitrogens is 1. The minimum Gasteiger partial charge on any atom is -0.370 e. The molecule has 1 aromatic rings. The molecule has 0 radical (unpaired) electrons. The molecule has 3 rings (SSSR count). The Labute approximate surface area is 182 Å². The van der Waals surface area contributed by atoms with Gasteiger partial charge in [0.2, 0.25) is 5.91 Å². The van der Waals surface area contributed by atoms with Crippen LogP contribution >= 0.6 is 0 Å². The summed E-state index contributed by atoms with van der Waals surface area (Å²) in [6, 6.07) is 1.81. The van der Waals surface area contributed by atoms with Gasteiger partial charge in [-0.05, 0) is 24.8 Å². The summed E-state index contributed by atoms with van der Waals surface area (Å²) in [5, 5.41) is 8.75. The van der Waals surface area contributed by atoms with Gasteiger partial charge in [-0.3, -0.25) is 20.4 Å². The van der Waals surface area contributed by atoms with E-state index in [2.05, 4.69) is 25.8 Å². The van der Waals surface area contributed by atoms with Crippen molar-refractivity contribution in [3.8, 4) is 0 Å². The third-order valence-electron chi connectivity index (χ3n) is 5.74. The summed E-state index contributed by atoms with van der Waals surface area (Å²) in [6.45, 7) is 1.59. The lowest BCUT2D eigenvalue weighted by molar-refractivity contribution is -0.122. The second-order valence-corrected chi connectivity index (χ2v) is 10.6. The third-order valence-corrected chi connectivity index (χ3v) is 6.82. The van der Waals surface area contributed by atoms with E-state index < -0.39 is 40.2 Å². The molecule has 0 bridgehead atoms. The van der Waals surface area contributed by atoms with Crippen molar-refractivity contribution in [2.24, 2.45) is 23.3 Å². The van der Waals surface area contributed by atoms with Gasteiger partial charge in [-0.1, -0.05) is 0 Å². The van der Waals surface area contributed by atoms with Gasteiger partial charge in [0.05, 0.1) is 41.6 Å². The molecule has 7 N–H and O–H groups in total. The van der Waals surface area contributed by atoms with Gasteiger partial charge in [-0.2, -0.15) is 0 Å². The number of sulfone groups is 1. The zero-order valence-corrected chi connectivity index (χ0v) is 18.4. The molecule has 2 saturated heterocycles. The SMILES string of the molecule is CS(=O)(=O)CC1CCN(c2ccncc2NC(=O)C(C(N)N)C2NCC(F)CN2)CC1. The van der Waals surface area contributed by atoms with Gasteiger partial charge in [0, 0.05) is 38.6 Å². The van der Waals surface area contributed by atoms with Crippen LogP contribution in [0.15, 0.2) is 18.5 Å². The average Bonchev–Trinajstić information content (AvgIpc) is 2.69. The number of pyridine rings is 1. The Morgan fingerprint density at radius 1 is 1.32 bits per heavy atom. The van der Waals surface area contributed by atoms with E-state index in [4.69, 9.17) is 11.5 Å². The van der Waals surface area contributed by atoms with E-state index in [1.807, 2.05) is 6.07 Å². The molecule has 2 aliphatic rings. The topological polar surface area (TPSA) is 155 Å². The minimum absolute atomic E-state index is 0.120. The van der Waals surface area contributed by atoms with Crippen LogP contribution in [0.3, 0.4) is 0 Å². The van der Waals surface area contributed by atoms with Crippen LogP contribution in [0.4, 0.5) is 15.8 Å². The molecule has 0 saturated carbocycles. The van der Waals surface area contributed by atoms with Crippen LogP contribution in [-0.4, -0.2) is 76.0 Å². The fourth-order valence-corrected chi connectivity index (χ4v) is 5.39. The maximum Gasteiger partial charge on any atom is 0.233 e. The number of halogens is 1. The van der Waals surface area contributed by atoms with Crippen LogP contribution in [-0.2, 0) is 14.6 Å². The number of hydrogen-bond acceptors (Lipinski definition) is 9. The molecule has 3 heterocycles. The molecule has 174 valence electrons. The van der Waals surface area contributed by atoms with E-state index in [0.717, 1.165) is 18.5 Å². The molecule has 2 aliphatic heterocycles. The van der Waals surface area contributed by atoms with Gasteiger partial charge < -0.3 is 21.7 Å². The molecular weight excluding hydrogens is 425 g/mol. The number of nitrogens with zero attached hydrogens (tertiary/aromatic N) is 2. The average molecular weight is 458 g/mol. The second kappa shape index (κ2) is 10.2. The smallest absolute Gasteiger partial charge is 0.233 e. The summed E-state index contributed by atoms with van der Waals surface area (Å²) in [7, 11) is -3.01. The summed E-state index contributed by atoms with van der Waals surface area (Å²) >= 11 is 0. The summed E-state index contributed by atoms with van der Waals surface area (Å²) < 4.78 is 36.6. The number of amides is 1. The molecule has 1 unspecified atom stereocenters. The molecule has 1 amide bonds. The second-order valence-electron chi connectivity index (χ2n) is 8.40. The highest BCUT2D eigenvalue weighted by molar-refractivity contribution is 7.90. The van der Waals surface area contributed by atoms with E-state index in [0.29, 0.717) is 18.8 Å². The van der Waals surface area contributed by atoms with Crippen molar-refractivity contribution in [2.45, 2.75) is 31.3 Å².